The molecule has 0 unspecified atom stereocenters. The van der Waals surface area contributed by atoms with Gasteiger partial charge in [0.2, 0.25) is 5.88 Å². The Morgan fingerprint density at radius 3 is 2.74 bits per heavy atom. The zero-order chi connectivity index (χ0) is 14.2. The molecule has 0 bridgehead atoms. The molecule has 7 heteroatoms. The first-order chi connectivity index (χ1) is 8.97. The highest BCUT2D eigenvalue weighted by atomic mass is 35.5. The Hall–Kier alpha value is -2.08. The average molecular weight is 285 g/mol. The van der Waals surface area contributed by atoms with Gasteiger partial charge in [0.25, 0.3) is 5.56 Å². The predicted molar refractivity (Wildman–Crippen MR) is 68.7 cm³/mol. The van der Waals surface area contributed by atoms with Crippen LogP contribution in [0.1, 0.15) is 12.5 Å². The van der Waals surface area contributed by atoms with Gasteiger partial charge in [-0.1, -0.05) is 24.6 Å². The van der Waals surface area contributed by atoms with E-state index in [4.69, 9.17) is 11.6 Å². The molecule has 19 heavy (non-hydrogen) atoms. The molecule has 0 aliphatic carbocycles. The lowest BCUT2D eigenvalue weighted by atomic mass is 10.2. The maximum atomic E-state index is 13.9. The van der Waals surface area contributed by atoms with Gasteiger partial charge in [0.05, 0.1) is 16.3 Å². The summed E-state index contributed by atoms with van der Waals surface area (Å²) in [6.07, 6.45) is 0.198. The fourth-order valence-electron chi connectivity index (χ4n) is 1.77. The number of nitrogens with one attached hydrogen (secondary N) is 1. The van der Waals surface area contributed by atoms with Crippen molar-refractivity contribution in [2.75, 3.05) is 0 Å². The Morgan fingerprint density at radius 2 is 2.11 bits per heavy atom. The highest BCUT2D eigenvalue weighted by Gasteiger charge is 2.17. The number of H-pyrrole nitrogens is 1. The molecule has 0 spiro atoms. The van der Waals surface area contributed by atoms with E-state index in [1.54, 1.807) is 6.92 Å². The molecule has 1 aromatic heterocycles. The normalized spacial score (nSPS) is 10.7. The van der Waals surface area contributed by atoms with Crippen molar-refractivity contribution in [2.45, 2.75) is 13.3 Å². The van der Waals surface area contributed by atoms with E-state index in [9.17, 15) is 19.1 Å². The second kappa shape index (κ2) is 4.89. The standard InChI is InChI=1S/C12H10ClFN2O3/c1-2-6-10(17)15-12(19)16(11(6)18)8-5-3-4-7(13)9(8)14/h3-5,18H,2H2,1H3,(H,15,17,19). The molecule has 0 saturated heterocycles. The van der Waals surface area contributed by atoms with Crippen LogP contribution in [0.5, 0.6) is 5.88 Å². The van der Waals surface area contributed by atoms with Gasteiger partial charge in [-0.05, 0) is 18.6 Å². The van der Waals surface area contributed by atoms with Crippen LogP contribution < -0.4 is 11.2 Å². The molecular formula is C12H10ClFN2O3. The van der Waals surface area contributed by atoms with E-state index < -0.39 is 22.9 Å². The zero-order valence-electron chi connectivity index (χ0n) is 9.91. The minimum atomic E-state index is -0.930. The molecule has 0 aliphatic rings. The van der Waals surface area contributed by atoms with E-state index >= 15 is 0 Å². The Kier molecular flexibility index (Phi) is 3.44. The SMILES string of the molecule is CCc1c(O)n(-c2cccc(Cl)c2F)c(=O)[nH]c1=O. The molecule has 2 rings (SSSR count). The first-order valence-electron chi connectivity index (χ1n) is 5.49. The Morgan fingerprint density at radius 1 is 1.42 bits per heavy atom. The van der Waals surface area contributed by atoms with Gasteiger partial charge in [0.15, 0.2) is 5.82 Å². The van der Waals surface area contributed by atoms with E-state index in [0.717, 1.165) is 0 Å². The Labute approximate surface area is 111 Å². The molecule has 0 saturated carbocycles. The average Bonchev–Trinajstić information content (AvgIpc) is 2.34. The van der Waals surface area contributed by atoms with E-state index in [-0.39, 0.29) is 22.7 Å². The second-order valence-corrected chi connectivity index (χ2v) is 4.23. The van der Waals surface area contributed by atoms with E-state index in [1.165, 1.54) is 18.2 Å². The maximum absolute atomic E-state index is 13.9. The largest absolute Gasteiger partial charge is 0.494 e. The van der Waals surface area contributed by atoms with Crippen LogP contribution in [0.15, 0.2) is 27.8 Å². The van der Waals surface area contributed by atoms with E-state index in [2.05, 4.69) is 0 Å². The number of rotatable bonds is 2. The topological polar surface area (TPSA) is 75.1 Å². The molecule has 0 amide bonds. The number of aromatic nitrogens is 2. The quantitative estimate of drug-likeness (QED) is 0.879. The minimum absolute atomic E-state index is 0.000949. The third-order valence-corrected chi connectivity index (χ3v) is 3.00. The molecule has 0 fully saturated rings. The highest BCUT2D eigenvalue weighted by Crippen LogP contribution is 2.23. The highest BCUT2D eigenvalue weighted by molar-refractivity contribution is 6.30. The van der Waals surface area contributed by atoms with Crippen molar-refractivity contribution in [3.05, 3.63) is 55.4 Å². The Balaban J connectivity index is 2.87. The summed E-state index contributed by atoms with van der Waals surface area (Å²) in [5.74, 6) is -1.44. The summed E-state index contributed by atoms with van der Waals surface area (Å²) in [5, 5.41) is 9.77. The summed E-state index contributed by atoms with van der Waals surface area (Å²) in [5.41, 5.74) is -1.84. The van der Waals surface area contributed by atoms with Gasteiger partial charge in [-0.2, -0.15) is 0 Å². The van der Waals surface area contributed by atoms with Crippen LogP contribution >= 0.6 is 11.6 Å². The molecule has 5 nitrogen and oxygen atoms in total. The van der Waals surface area contributed by atoms with Crippen molar-refractivity contribution in [1.82, 2.24) is 9.55 Å². The van der Waals surface area contributed by atoms with Crippen molar-refractivity contribution in [1.29, 1.82) is 0 Å². The smallest absolute Gasteiger partial charge is 0.335 e. The van der Waals surface area contributed by atoms with Gasteiger partial charge in [0.1, 0.15) is 0 Å². The van der Waals surface area contributed by atoms with Crippen molar-refractivity contribution in [3.63, 3.8) is 0 Å². The van der Waals surface area contributed by atoms with Gasteiger partial charge in [-0.15, -0.1) is 0 Å². The number of hydrogen-bond acceptors (Lipinski definition) is 3. The van der Waals surface area contributed by atoms with Crippen LogP contribution in [0.2, 0.25) is 5.02 Å². The number of nitrogens with zero attached hydrogens (tertiary/aromatic N) is 1. The van der Waals surface area contributed by atoms with Crippen LogP contribution in [0.3, 0.4) is 0 Å². The molecule has 0 atom stereocenters. The lowest BCUT2D eigenvalue weighted by Crippen LogP contribution is -2.31. The molecule has 2 N–H and O–H groups in total. The van der Waals surface area contributed by atoms with E-state index in [1.807, 2.05) is 4.98 Å². The summed E-state index contributed by atoms with van der Waals surface area (Å²) in [6.45, 7) is 1.63. The first-order valence-corrected chi connectivity index (χ1v) is 5.86. The fraction of sp³-hybridized carbons (Fsp3) is 0.167. The molecule has 1 heterocycles. The molecule has 1 aromatic carbocycles. The van der Waals surface area contributed by atoms with Crippen molar-refractivity contribution in [2.24, 2.45) is 0 Å². The van der Waals surface area contributed by atoms with E-state index in [0.29, 0.717) is 4.57 Å². The maximum Gasteiger partial charge on any atom is 0.335 e. The second-order valence-electron chi connectivity index (χ2n) is 3.82. The first kappa shape index (κ1) is 13.4. The van der Waals surface area contributed by atoms with Crippen molar-refractivity contribution >= 4 is 11.6 Å². The Bertz CT molecular complexity index is 752. The van der Waals surface area contributed by atoms with Crippen molar-refractivity contribution < 1.29 is 9.50 Å². The zero-order valence-corrected chi connectivity index (χ0v) is 10.7. The van der Waals surface area contributed by atoms with Gasteiger partial charge in [-0.25, -0.2) is 13.8 Å². The summed E-state index contributed by atoms with van der Waals surface area (Å²) < 4.78 is 14.6. The number of benzene rings is 1. The lowest BCUT2D eigenvalue weighted by molar-refractivity contribution is 0.420. The number of hydrogen-bond donors (Lipinski definition) is 2. The molecule has 0 radical (unpaired) electrons. The molecule has 100 valence electrons. The third-order valence-electron chi connectivity index (χ3n) is 2.71. The van der Waals surface area contributed by atoms with Crippen molar-refractivity contribution in [3.8, 4) is 11.6 Å². The summed E-state index contributed by atoms with van der Waals surface area (Å²) in [6, 6.07) is 4.03. The van der Waals surface area contributed by atoms with Crippen LogP contribution in [0.4, 0.5) is 4.39 Å². The van der Waals surface area contributed by atoms with Gasteiger partial charge in [-0.3, -0.25) is 9.78 Å². The summed E-state index contributed by atoms with van der Waals surface area (Å²) in [4.78, 5) is 25.2. The minimum Gasteiger partial charge on any atom is -0.494 e. The van der Waals surface area contributed by atoms with Crippen LogP contribution in [-0.4, -0.2) is 14.7 Å². The number of aromatic amines is 1. The fourth-order valence-corrected chi connectivity index (χ4v) is 1.94. The summed E-state index contributed by atoms with van der Waals surface area (Å²) >= 11 is 5.63. The third kappa shape index (κ3) is 2.15. The number of aromatic hydroxyl groups is 1. The molecular weight excluding hydrogens is 275 g/mol. The van der Waals surface area contributed by atoms with Gasteiger partial charge in [0, 0.05) is 0 Å². The van der Waals surface area contributed by atoms with Crippen LogP contribution in [-0.2, 0) is 6.42 Å². The predicted octanol–water partition coefficient (Wildman–Crippen LogP) is 1.59. The molecule has 2 aromatic rings. The summed E-state index contributed by atoms with van der Waals surface area (Å²) in [7, 11) is 0. The monoisotopic (exact) mass is 284 g/mol. The van der Waals surface area contributed by atoms with Crippen LogP contribution in [0.25, 0.3) is 5.69 Å². The molecule has 0 aliphatic heterocycles. The lowest BCUT2D eigenvalue weighted by Gasteiger charge is -2.11. The number of halogens is 2. The van der Waals surface area contributed by atoms with Gasteiger partial charge < -0.3 is 5.11 Å². The van der Waals surface area contributed by atoms with Gasteiger partial charge >= 0.3 is 5.69 Å². The van der Waals surface area contributed by atoms with Crippen LogP contribution in [0, 0.1) is 5.82 Å².